The van der Waals surface area contributed by atoms with E-state index < -0.39 is 5.54 Å². The number of hydrogen-bond acceptors (Lipinski definition) is 3. The quantitative estimate of drug-likeness (QED) is 0.795. The number of nitrogens with one attached hydrogen (secondary N) is 1. The lowest BCUT2D eigenvalue weighted by molar-refractivity contribution is -0.125. The fraction of sp³-hybridized carbons (Fsp3) is 0.562. The van der Waals surface area contributed by atoms with Crippen molar-refractivity contribution in [3.05, 3.63) is 35.4 Å². The van der Waals surface area contributed by atoms with Crippen molar-refractivity contribution < 1.29 is 4.79 Å². The number of nitrogens with zero attached hydrogens (tertiary/aromatic N) is 1. The second kappa shape index (κ2) is 10.8. The molecule has 0 heterocycles. The van der Waals surface area contributed by atoms with Gasteiger partial charge in [-0.05, 0) is 38.1 Å². The Kier molecular flexibility index (Phi) is 11.6. The molecular formula is C16H29Cl2N3O. The summed E-state index contributed by atoms with van der Waals surface area (Å²) in [4.78, 5) is 14.1. The molecule has 0 aliphatic rings. The van der Waals surface area contributed by atoms with Gasteiger partial charge in [0.05, 0.1) is 5.54 Å². The van der Waals surface area contributed by atoms with E-state index in [4.69, 9.17) is 5.73 Å². The minimum absolute atomic E-state index is 0. The Hall–Kier alpha value is -0.810. The summed E-state index contributed by atoms with van der Waals surface area (Å²) in [7, 11) is 0. The third kappa shape index (κ3) is 7.99. The summed E-state index contributed by atoms with van der Waals surface area (Å²) in [5, 5.41) is 2.87. The Morgan fingerprint density at radius 3 is 2.23 bits per heavy atom. The highest BCUT2D eigenvalue weighted by atomic mass is 35.5. The molecule has 0 fully saturated rings. The smallest absolute Gasteiger partial charge is 0.239 e. The van der Waals surface area contributed by atoms with Gasteiger partial charge in [-0.1, -0.05) is 38.1 Å². The third-order valence-electron chi connectivity index (χ3n) is 3.33. The van der Waals surface area contributed by atoms with Crippen LogP contribution in [0.3, 0.4) is 0 Å². The highest BCUT2D eigenvalue weighted by molar-refractivity contribution is 5.85. The summed E-state index contributed by atoms with van der Waals surface area (Å²) < 4.78 is 0. The van der Waals surface area contributed by atoms with Crippen molar-refractivity contribution in [2.45, 2.75) is 46.3 Å². The summed E-state index contributed by atoms with van der Waals surface area (Å²) in [6.07, 6.45) is 0. The molecule has 128 valence electrons. The topological polar surface area (TPSA) is 58.4 Å². The van der Waals surface area contributed by atoms with Crippen LogP contribution in [0.25, 0.3) is 0 Å². The summed E-state index contributed by atoms with van der Waals surface area (Å²) in [5.74, 6) is -0.133. The van der Waals surface area contributed by atoms with Crippen molar-refractivity contribution in [1.82, 2.24) is 10.2 Å². The van der Waals surface area contributed by atoms with Gasteiger partial charge in [0.1, 0.15) is 0 Å². The highest BCUT2D eigenvalue weighted by Crippen LogP contribution is 2.09. The van der Waals surface area contributed by atoms with Gasteiger partial charge in [-0.25, -0.2) is 0 Å². The molecule has 0 saturated heterocycles. The maximum Gasteiger partial charge on any atom is 0.239 e. The van der Waals surface area contributed by atoms with E-state index in [9.17, 15) is 4.79 Å². The Morgan fingerprint density at radius 2 is 1.73 bits per heavy atom. The molecule has 6 heteroatoms. The molecule has 0 unspecified atom stereocenters. The average molecular weight is 350 g/mol. The van der Waals surface area contributed by atoms with E-state index >= 15 is 0 Å². The summed E-state index contributed by atoms with van der Waals surface area (Å²) in [6.45, 7) is 11.3. The summed E-state index contributed by atoms with van der Waals surface area (Å²) >= 11 is 0. The van der Waals surface area contributed by atoms with Gasteiger partial charge in [-0.15, -0.1) is 24.8 Å². The average Bonchev–Trinajstić information content (AvgIpc) is 2.41. The lowest BCUT2D eigenvalue weighted by Gasteiger charge is -2.19. The summed E-state index contributed by atoms with van der Waals surface area (Å²) in [5.41, 5.74) is 7.30. The number of nitrogens with two attached hydrogens (primary N) is 1. The highest BCUT2D eigenvalue weighted by Gasteiger charge is 2.21. The van der Waals surface area contributed by atoms with E-state index in [0.29, 0.717) is 6.54 Å². The van der Waals surface area contributed by atoms with Crippen LogP contribution in [0.1, 0.15) is 38.8 Å². The first kappa shape index (κ1) is 23.5. The van der Waals surface area contributed by atoms with Crippen LogP contribution in [0.4, 0.5) is 0 Å². The Balaban J connectivity index is 0. The molecule has 22 heavy (non-hydrogen) atoms. The van der Waals surface area contributed by atoms with Gasteiger partial charge < -0.3 is 11.1 Å². The number of hydrogen-bond donors (Lipinski definition) is 2. The molecule has 1 aromatic carbocycles. The third-order valence-corrected chi connectivity index (χ3v) is 3.33. The molecular weight excluding hydrogens is 321 g/mol. The molecule has 0 aromatic heterocycles. The zero-order valence-electron chi connectivity index (χ0n) is 13.9. The molecule has 1 rings (SSSR count). The zero-order chi connectivity index (χ0) is 15.2. The van der Waals surface area contributed by atoms with Crippen molar-refractivity contribution in [2.75, 3.05) is 13.1 Å². The van der Waals surface area contributed by atoms with Gasteiger partial charge in [0.2, 0.25) is 5.91 Å². The minimum atomic E-state index is -0.834. The molecule has 1 amide bonds. The van der Waals surface area contributed by atoms with Crippen molar-refractivity contribution in [2.24, 2.45) is 5.73 Å². The molecule has 0 saturated carbocycles. The molecule has 1 aromatic rings. The van der Waals surface area contributed by atoms with Gasteiger partial charge in [-0.2, -0.15) is 0 Å². The predicted molar refractivity (Wildman–Crippen MR) is 97.7 cm³/mol. The number of rotatable bonds is 7. The molecule has 4 nitrogen and oxygen atoms in total. The standard InChI is InChI=1S/C16H27N3O.2ClH/c1-5-19(6-2)12-14-9-7-8-13(10-14)11-18-15(20)16(3,4)17;;/h7-10H,5-6,11-12,17H2,1-4H3,(H,18,20);2*1H. The lowest BCUT2D eigenvalue weighted by Crippen LogP contribution is -2.48. The van der Waals surface area contributed by atoms with E-state index in [1.807, 2.05) is 12.1 Å². The molecule has 0 atom stereocenters. The lowest BCUT2D eigenvalue weighted by atomic mass is 10.1. The van der Waals surface area contributed by atoms with E-state index in [1.54, 1.807) is 13.8 Å². The van der Waals surface area contributed by atoms with Crippen LogP contribution in [-0.4, -0.2) is 29.4 Å². The van der Waals surface area contributed by atoms with Crippen LogP contribution < -0.4 is 11.1 Å². The molecule has 0 radical (unpaired) electrons. The molecule has 3 N–H and O–H groups in total. The Labute approximate surface area is 146 Å². The van der Waals surface area contributed by atoms with Crippen molar-refractivity contribution in [3.63, 3.8) is 0 Å². The van der Waals surface area contributed by atoms with E-state index in [0.717, 1.165) is 25.2 Å². The van der Waals surface area contributed by atoms with Crippen LogP contribution >= 0.6 is 24.8 Å². The normalized spacial score (nSPS) is 10.6. The first-order valence-electron chi connectivity index (χ1n) is 7.24. The first-order chi connectivity index (χ1) is 9.36. The second-order valence-corrected chi connectivity index (χ2v) is 5.69. The number of benzene rings is 1. The molecule has 0 bridgehead atoms. The summed E-state index contributed by atoms with van der Waals surface area (Å²) in [6, 6.07) is 8.32. The van der Waals surface area contributed by atoms with Gasteiger partial charge in [0.25, 0.3) is 0 Å². The van der Waals surface area contributed by atoms with Crippen molar-refractivity contribution >= 4 is 30.7 Å². The minimum Gasteiger partial charge on any atom is -0.350 e. The fourth-order valence-corrected chi connectivity index (χ4v) is 1.95. The molecule has 0 aliphatic carbocycles. The maximum absolute atomic E-state index is 11.7. The van der Waals surface area contributed by atoms with Crippen molar-refractivity contribution in [3.8, 4) is 0 Å². The van der Waals surface area contributed by atoms with Crippen molar-refractivity contribution in [1.29, 1.82) is 0 Å². The monoisotopic (exact) mass is 349 g/mol. The maximum atomic E-state index is 11.7. The van der Waals surface area contributed by atoms with Crippen LogP contribution in [0.15, 0.2) is 24.3 Å². The van der Waals surface area contributed by atoms with Gasteiger partial charge >= 0.3 is 0 Å². The van der Waals surface area contributed by atoms with Gasteiger partial charge in [-0.3, -0.25) is 9.69 Å². The first-order valence-corrected chi connectivity index (χ1v) is 7.24. The molecule has 0 spiro atoms. The van der Waals surface area contributed by atoms with E-state index in [-0.39, 0.29) is 30.7 Å². The fourth-order valence-electron chi connectivity index (χ4n) is 1.95. The number of carbonyl (C=O) groups excluding carboxylic acids is 1. The van der Waals surface area contributed by atoms with Gasteiger partial charge in [0, 0.05) is 13.1 Å². The van der Waals surface area contributed by atoms with Crippen LogP contribution in [-0.2, 0) is 17.9 Å². The number of halogens is 2. The van der Waals surface area contributed by atoms with Crippen LogP contribution in [0.2, 0.25) is 0 Å². The van der Waals surface area contributed by atoms with Crippen LogP contribution in [0, 0.1) is 0 Å². The number of amides is 1. The van der Waals surface area contributed by atoms with E-state index in [2.05, 4.69) is 36.2 Å². The molecule has 0 aliphatic heterocycles. The SMILES string of the molecule is CCN(CC)Cc1cccc(CNC(=O)C(C)(C)N)c1.Cl.Cl. The zero-order valence-corrected chi connectivity index (χ0v) is 15.5. The largest absolute Gasteiger partial charge is 0.350 e. The Bertz CT molecular complexity index is 443. The van der Waals surface area contributed by atoms with Crippen LogP contribution in [0.5, 0.6) is 0 Å². The second-order valence-electron chi connectivity index (χ2n) is 5.69. The predicted octanol–water partition coefficient (Wildman–Crippen LogP) is 2.73. The Morgan fingerprint density at radius 1 is 1.18 bits per heavy atom. The number of carbonyl (C=O) groups is 1. The van der Waals surface area contributed by atoms with E-state index in [1.165, 1.54) is 5.56 Å². The van der Waals surface area contributed by atoms with Gasteiger partial charge in [0.15, 0.2) is 0 Å².